The number of nitrogens with zero attached hydrogens (tertiary/aromatic N) is 2. The monoisotopic (exact) mass is 442 g/mol. The van der Waals surface area contributed by atoms with Gasteiger partial charge in [0.05, 0.1) is 16.8 Å². The van der Waals surface area contributed by atoms with Crippen LogP contribution in [-0.4, -0.2) is 44.7 Å². The molecule has 1 heterocycles. The van der Waals surface area contributed by atoms with Crippen LogP contribution in [0.5, 0.6) is 0 Å². The lowest BCUT2D eigenvalue weighted by Crippen LogP contribution is -2.52. The van der Waals surface area contributed by atoms with Gasteiger partial charge >= 0.3 is 0 Å². The standard InChI is InChI=1S/C23H36Cl2N2O2/c1-10-17(24)19(27(9)15(3)28)21(25)23(7,8)14(2)20(29)18-16(22(4,5)6)12-11-13-26-18/h11-13,17,19,21,29H,10H2,1-9H3/b20-14-. The highest BCUT2D eigenvalue weighted by Gasteiger charge is 2.42. The Hall–Kier alpha value is -1.26. The Morgan fingerprint density at radius 1 is 1.21 bits per heavy atom. The predicted molar refractivity (Wildman–Crippen MR) is 124 cm³/mol. The summed E-state index contributed by atoms with van der Waals surface area (Å²) in [5, 5.41) is 10.4. The highest BCUT2D eigenvalue weighted by molar-refractivity contribution is 6.25. The molecular weight excluding hydrogens is 407 g/mol. The zero-order chi connectivity index (χ0) is 22.7. The number of amides is 1. The average Bonchev–Trinajstić information content (AvgIpc) is 2.65. The third-order valence-electron chi connectivity index (χ3n) is 5.86. The van der Waals surface area contributed by atoms with Crippen molar-refractivity contribution in [2.75, 3.05) is 7.05 Å². The summed E-state index contributed by atoms with van der Waals surface area (Å²) in [5.74, 6) is 0.0270. The van der Waals surface area contributed by atoms with E-state index in [2.05, 4.69) is 25.8 Å². The number of hydrogen-bond acceptors (Lipinski definition) is 3. The normalized spacial score (nSPS) is 16.7. The minimum atomic E-state index is -0.644. The lowest BCUT2D eigenvalue weighted by molar-refractivity contribution is -0.130. The van der Waals surface area contributed by atoms with Crippen LogP contribution in [0.3, 0.4) is 0 Å². The summed E-state index contributed by atoms with van der Waals surface area (Å²) in [6, 6.07) is 3.47. The van der Waals surface area contributed by atoms with E-state index in [1.807, 2.05) is 39.8 Å². The molecule has 0 aliphatic rings. The lowest BCUT2D eigenvalue weighted by Gasteiger charge is -2.42. The SMILES string of the molecule is CCC(Cl)C(C(Cl)C(C)(C)/C(C)=C(\O)c1ncccc1C(C)(C)C)N(C)C(C)=O. The van der Waals surface area contributed by atoms with E-state index in [1.54, 1.807) is 18.1 Å². The topological polar surface area (TPSA) is 53.4 Å². The van der Waals surface area contributed by atoms with Gasteiger partial charge in [-0.25, -0.2) is 0 Å². The zero-order valence-corrected chi connectivity index (χ0v) is 20.7. The molecule has 1 aromatic heterocycles. The van der Waals surface area contributed by atoms with E-state index in [1.165, 1.54) is 6.92 Å². The average molecular weight is 443 g/mol. The number of allylic oxidation sites excluding steroid dienone is 1. The van der Waals surface area contributed by atoms with E-state index in [-0.39, 0.29) is 28.5 Å². The van der Waals surface area contributed by atoms with Crippen molar-refractivity contribution >= 4 is 34.9 Å². The van der Waals surface area contributed by atoms with Crippen LogP contribution in [0.2, 0.25) is 0 Å². The van der Waals surface area contributed by atoms with Crippen molar-refractivity contribution in [3.8, 4) is 0 Å². The Morgan fingerprint density at radius 2 is 1.76 bits per heavy atom. The molecule has 0 radical (unpaired) electrons. The number of carbonyl (C=O) groups is 1. The Labute approximate surface area is 186 Å². The Morgan fingerprint density at radius 3 is 2.21 bits per heavy atom. The zero-order valence-electron chi connectivity index (χ0n) is 19.2. The molecule has 1 rings (SSSR count). The van der Waals surface area contributed by atoms with Gasteiger partial charge < -0.3 is 10.0 Å². The molecule has 164 valence electrons. The highest BCUT2D eigenvalue weighted by atomic mass is 35.5. The van der Waals surface area contributed by atoms with Gasteiger partial charge in [0.25, 0.3) is 0 Å². The number of pyridine rings is 1. The number of halogens is 2. The Balaban J connectivity index is 3.51. The van der Waals surface area contributed by atoms with E-state index in [0.29, 0.717) is 17.7 Å². The molecule has 3 unspecified atom stereocenters. The van der Waals surface area contributed by atoms with Crippen molar-refractivity contribution in [3.05, 3.63) is 35.2 Å². The number of aliphatic hydroxyl groups excluding tert-OH is 1. The fourth-order valence-electron chi connectivity index (χ4n) is 3.39. The van der Waals surface area contributed by atoms with Gasteiger partial charge in [-0.05, 0) is 36.0 Å². The molecule has 0 saturated heterocycles. The maximum Gasteiger partial charge on any atom is 0.219 e. The van der Waals surface area contributed by atoms with Crippen LogP contribution in [-0.2, 0) is 10.2 Å². The second kappa shape index (κ2) is 9.70. The van der Waals surface area contributed by atoms with Crippen molar-refractivity contribution in [1.82, 2.24) is 9.88 Å². The van der Waals surface area contributed by atoms with Crippen LogP contribution in [0, 0.1) is 5.41 Å². The molecule has 0 aliphatic carbocycles. The quantitative estimate of drug-likeness (QED) is 0.405. The molecule has 1 N–H and O–H groups in total. The smallest absolute Gasteiger partial charge is 0.219 e. The van der Waals surface area contributed by atoms with Gasteiger partial charge in [0.2, 0.25) is 5.91 Å². The second-order valence-electron chi connectivity index (χ2n) is 9.29. The maximum absolute atomic E-state index is 12.1. The van der Waals surface area contributed by atoms with E-state index >= 15 is 0 Å². The largest absolute Gasteiger partial charge is 0.506 e. The van der Waals surface area contributed by atoms with Crippen molar-refractivity contribution < 1.29 is 9.90 Å². The first-order valence-electron chi connectivity index (χ1n) is 10.1. The van der Waals surface area contributed by atoms with E-state index in [4.69, 9.17) is 23.2 Å². The number of alkyl halides is 2. The first kappa shape index (κ1) is 25.8. The molecule has 0 bridgehead atoms. The molecule has 29 heavy (non-hydrogen) atoms. The summed E-state index contributed by atoms with van der Waals surface area (Å²) >= 11 is 13.6. The molecule has 0 spiro atoms. The minimum Gasteiger partial charge on any atom is -0.506 e. The molecule has 0 aliphatic heterocycles. The first-order chi connectivity index (χ1) is 13.2. The predicted octanol–water partition coefficient (Wildman–Crippen LogP) is 6.17. The molecule has 0 fully saturated rings. The fourth-order valence-corrected chi connectivity index (χ4v) is 4.29. The van der Waals surface area contributed by atoms with Gasteiger partial charge in [-0.1, -0.05) is 47.6 Å². The number of aliphatic hydroxyl groups is 1. The third kappa shape index (κ3) is 5.67. The summed E-state index contributed by atoms with van der Waals surface area (Å²) in [4.78, 5) is 18.1. The van der Waals surface area contributed by atoms with Crippen molar-refractivity contribution in [2.24, 2.45) is 5.41 Å². The molecule has 6 heteroatoms. The summed E-state index contributed by atoms with van der Waals surface area (Å²) < 4.78 is 0. The van der Waals surface area contributed by atoms with E-state index in [9.17, 15) is 9.90 Å². The summed E-state index contributed by atoms with van der Waals surface area (Å²) in [6.07, 6.45) is 2.35. The molecule has 0 saturated carbocycles. The minimum absolute atomic E-state index is 0.0962. The number of aromatic nitrogens is 1. The maximum atomic E-state index is 12.1. The van der Waals surface area contributed by atoms with Crippen LogP contribution in [0.4, 0.5) is 0 Å². The summed E-state index contributed by atoms with van der Waals surface area (Å²) in [5.41, 5.74) is 1.41. The van der Waals surface area contributed by atoms with Gasteiger partial charge in [-0.15, -0.1) is 23.2 Å². The van der Waals surface area contributed by atoms with Gasteiger partial charge in [0.15, 0.2) is 0 Å². The third-order valence-corrected chi connectivity index (χ3v) is 7.23. The van der Waals surface area contributed by atoms with Gasteiger partial charge in [0.1, 0.15) is 11.5 Å². The van der Waals surface area contributed by atoms with E-state index < -0.39 is 10.8 Å². The van der Waals surface area contributed by atoms with E-state index in [0.717, 1.165) is 5.56 Å². The van der Waals surface area contributed by atoms with Crippen LogP contribution < -0.4 is 0 Å². The van der Waals surface area contributed by atoms with Gasteiger partial charge in [-0.2, -0.15) is 0 Å². The van der Waals surface area contributed by atoms with Crippen LogP contribution >= 0.6 is 23.2 Å². The molecule has 4 nitrogen and oxygen atoms in total. The Kier molecular flexibility index (Phi) is 8.62. The lowest BCUT2D eigenvalue weighted by atomic mass is 9.75. The van der Waals surface area contributed by atoms with Gasteiger partial charge in [-0.3, -0.25) is 9.78 Å². The van der Waals surface area contributed by atoms with Crippen LogP contribution in [0.1, 0.15) is 73.1 Å². The van der Waals surface area contributed by atoms with Crippen LogP contribution in [0.25, 0.3) is 5.76 Å². The molecule has 3 atom stereocenters. The first-order valence-corrected chi connectivity index (χ1v) is 10.9. The Bertz CT molecular complexity index is 753. The molecule has 1 aromatic rings. The molecule has 0 aromatic carbocycles. The number of carbonyl (C=O) groups excluding carboxylic acids is 1. The van der Waals surface area contributed by atoms with Crippen molar-refractivity contribution in [1.29, 1.82) is 0 Å². The summed E-state index contributed by atoms with van der Waals surface area (Å²) in [6.45, 7) is 15.5. The molecule has 1 amide bonds. The fraction of sp³-hybridized carbons (Fsp3) is 0.652. The van der Waals surface area contributed by atoms with Gasteiger partial charge in [0, 0.05) is 25.6 Å². The second-order valence-corrected chi connectivity index (χ2v) is 10.3. The number of rotatable bonds is 7. The molecular formula is C23H36Cl2N2O2. The highest BCUT2D eigenvalue weighted by Crippen LogP contribution is 2.42. The van der Waals surface area contributed by atoms with Crippen LogP contribution in [0.15, 0.2) is 23.9 Å². The van der Waals surface area contributed by atoms with Crippen molar-refractivity contribution in [3.63, 3.8) is 0 Å². The number of hydrogen-bond donors (Lipinski definition) is 1. The van der Waals surface area contributed by atoms with Crippen molar-refractivity contribution in [2.45, 2.75) is 84.0 Å². The summed E-state index contributed by atoms with van der Waals surface area (Å²) in [7, 11) is 1.72.